The van der Waals surface area contributed by atoms with Crippen molar-refractivity contribution in [3.05, 3.63) is 63.1 Å². The number of anilines is 1. The zero-order valence-electron chi connectivity index (χ0n) is 15.4. The first-order chi connectivity index (χ1) is 14.0. The fraction of sp³-hybridized carbons (Fsp3) is 0.278. The van der Waals surface area contributed by atoms with Crippen LogP contribution in [0.3, 0.4) is 0 Å². The Balaban J connectivity index is 1.73. The summed E-state index contributed by atoms with van der Waals surface area (Å²) in [5.41, 5.74) is -2.70. The molecule has 2 N–H and O–H groups in total. The van der Waals surface area contributed by atoms with Gasteiger partial charge >= 0.3 is 6.18 Å². The lowest BCUT2D eigenvalue weighted by Gasteiger charge is -2.29. The number of nitrogens with zero attached hydrogens (tertiary/aromatic N) is 3. The summed E-state index contributed by atoms with van der Waals surface area (Å²) in [5.74, 6) is -1.74. The number of aromatic nitrogens is 3. The quantitative estimate of drug-likeness (QED) is 0.544. The minimum absolute atomic E-state index is 0.0949. The summed E-state index contributed by atoms with van der Waals surface area (Å²) in [6.07, 6.45) is -2.16. The molecule has 0 spiro atoms. The lowest BCUT2D eigenvalue weighted by atomic mass is 9.97. The van der Waals surface area contributed by atoms with Crippen LogP contribution >= 0.6 is 34.5 Å². The number of amides is 1. The second kappa shape index (κ2) is 8.54. The number of imidazole rings is 1. The Morgan fingerprint density at radius 1 is 1.30 bits per heavy atom. The number of aliphatic hydroxyl groups is 1. The number of rotatable bonds is 6. The number of benzene rings is 1. The monoisotopic (exact) mass is 478 g/mol. The Morgan fingerprint density at radius 2 is 2.03 bits per heavy atom. The molecule has 1 aromatic carbocycles. The van der Waals surface area contributed by atoms with Gasteiger partial charge in [0, 0.05) is 36.9 Å². The number of hydrogen-bond donors (Lipinski definition) is 2. The van der Waals surface area contributed by atoms with Crippen LogP contribution in [0.25, 0.3) is 0 Å². The van der Waals surface area contributed by atoms with Gasteiger partial charge in [-0.3, -0.25) is 4.79 Å². The third-order valence-electron chi connectivity index (χ3n) is 4.27. The van der Waals surface area contributed by atoms with Crippen LogP contribution in [0.2, 0.25) is 10.0 Å². The second-order valence-electron chi connectivity index (χ2n) is 6.47. The molecule has 1 unspecified atom stereocenters. The Labute approximate surface area is 183 Å². The van der Waals surface area contributed by atoms with Crippen molar-refractivity contribution in [3.8, 4) is 0 Å². The fourth-order valence-corrected chi connectivity index (χ4v) is 4.02. The molecule has 2 aromatic heterocycles. The average molecular weight is 479 g/mol. The Hall–Kier alpha value is -2.14. The summed E-state index contributed by atoms with van der Waals surface area (Å²) >= 11 is 13.2. The molecule has 0 aliphatic heterocycles. The minimum Gasteiger partial charge on any atom is -0.374 e. The third kappa shape index (κ3) is 4.61. The van der Waals surface area contributed by atoms with Gasteiger partial charge in [-0.2, -0.15) is 13.2 Å². The molecule has 30 heavy (non-hydrogen) atoms. The van der Waals surface area contributed by atoms with Crippen LogP contribution < -0.4 is 5.32 Å². The second-order valence-corrected chi connectivity index (χ2v) is 8.37. The van der Waals surface area contributed by atoms with Crippen molar-refractivity contribution >= 4 is 45.6 Å². The summed E-state index contributed by atoms with van der Waals surface area (Å²) in [7, 11) is 1.30. The molecule has 2 heterocycles. The van der Waals surface area contributed by atoms with Crippen molar-refractivity contribution in [1.82, 2.24) is 14.5 Å². The van der Waals surface area contributed by atoms with Gasteiger partial charge in [-0.15, -0.1) is 11.3 Å². The zero-order valence-corrected chi connectivity index (χ0v) is 17.7. The van der Waals surface area contributed by atoms with E-state index in [0.717, 1.165) is 27.7 Å². The summed E-state index contributed by atoms with van der Waals surface area (Å²) < 4.78 is 41.6. The lowest BCUT2D eigenvalue weighted by Crippen LogP contribution is -2.46. The molecule has 0 saturated carbocycles. The Kier molecular flexibility index (Phi) is 6.42. The molecule has 3 aromatic rings. The highest BCUT2D eigenvalue weighted by molar-refractivity contribution is 7.15. The first kappa shape index (κ1) is 22.5. The standard InChI is InChI=1S/C18H15Cl2F3N4O2S/c1-27-6-5-24-15(27)17(29,18(21,22)23)8-13(28)26-16-25-9-11(30-16)7-10-3-2-4-12(19)14(10)20/h2-6,9,29H,7-8H2,1H3,(H,25,26,28). The van der Waals surface area contributed by atoms with E-state index in [0.29, 0.717) is 21.3 Å². The van der Waals surface area contributed by atoms with Gasteiger partial charge in [-0.1, -0.05) is 35.3 Å². The van der Waals surface area contributed by atoms with E-state index in [9.17, 15) is 23.1 Å². The first-order valence-corrected chi connectivity index (χ1v) is 10.0. The van der Waals surface area contributed by atoms with Gasteiger partial charge in [0.25, 0.3) is 0 Å². The number of nitrogens with one attached hydrogen (secondary N) is 1. The van der Waals surface area contributed by atoms with Crippen molar-refractivity contribution in [1.29, 1.82) is 0 Å². The smallest absolute Gasteiger partial charge is 0.374 e. The van der Waals surface area contributed by atoms with E-state index in [1.165, 1.54) is 19.4 Å². The van der Waals surface area contributed by atoms with Crippen LogP contribution in [0.5, 0.6) is 0 Å². The topological polar surface area (TPSA) is 80.0 Å². The molecular weight excluding hydrogens is 464 g/mol. The molecule has 160 valence electrons. The number of carbonyl (C=O) groups excluding carboxylic acids is 1. The van der Waals surface area contributed by atoms with E-state index < -0.39 is 29.9 Å². The Bertz CT molecular complexity index is 1070. The van der Waals surface area contributed by atoms with E-state index >= 15 is 0 Å². The maximum absolute atomic E-state index is 13.5. The van der Waals surface area contributed by atoms with Gasteiger partial charge in [0.05, 0.1) is 16.5 Å². The summed E-state index contributed by atoms with van der Waals surface area (Å²) in [6.45, 7) is 0. The lowest BCUT2D eigenvalue weighted by molar-refractivity contribution is -0.270. The highest BCUT2D eigenvalue weighted by Gasteiger charge is 2.58. The van der Waals surface area contributed by atoms with Crippen molar-refractivity contribution in [2.24, 2.45) is 7.05 Å². The third-order valence-corrected chi connectivity index (χ3v) is 6.04. The molecule has 1 atom stereocenters. The SMILES string of the molecule is Cn1ccnc1C(O)(CC(=O)Nc1ncc(Cc2cccc(Cl)c2Cl)s1)C(F)(F)F. The number of thiazole rings is 1. The molecule has 1 amide bonds. The highest BCUT2D eigenvalue weighted by Crippen LogP contribution is 2.41. The van der Waals surface area contributed by atoms with E-state index in [2.05, 4.69) is 15.3 Å². The van der Waals surface area contributed by atoms with E-state index in [1.807, 2.05) is 0 Å². The molecule has 0 radical (unpaired) electrons. The normalized spacial score (nSPS) is 13.8. The van der Waals surface area contributed by atoms with E-state index in [4.69, 9.17) is 23.2 Å². The average Bonchev–Trinajstić information content (AvgIpc) is 3.27. The highest BCUT2D eigenvalue weighted by atomic mass is 35.5. The van der Waals surface area contributed by atoms with E-state index in [1.54, 1.807) is 18.2 Å². The van der Waals surface area contributed by atoms with Crippen LogP contribution in [-0.4, -0.2) is 31.7 Å². The zero-order chi connectivity index (χ0) is 22.1. The molecule has 0 saturated heterocycles. The minimum atomic E-state index is -5.11. The number of alkyl halides is 3. The van der Waals surface area contributed by atoms with Crippen molar-refractivity contribution < 1.29 is 23.1 Å². The maximum atomic E-state index is 13.5. The van der Waals surface area contributed by atoms with Gasteiger partial charge in [0.2, 0.25) is 11.5 Å². The van der Waals surface area contributed by atoms with Crippen molar-refractivity contribution in [2.45, 2.75) is 24.6 Å². The predicted octanol–water partition coefficient (Wildman–Crippen LogP) is 4.55. The van der Waals surface area contributed by atoms with Gasteiger partial charge in [0.15, 0.2) is 11.0 Å². The Morgan fingerprint density at radius 3 is 2.67 bits per heavy atom. The molecule has 0 bridgehead atoms. The van der Waals surface area contributed by atoms with Gasteiger partial charge < -0.3 is 15.0 Å². The van der Waals surface area contributed by atoms with Crippen LogP contribution in [-0.2, 0) is 23.9 Å². The number of hydrogen-bond acceptors (Lipinski definition) is 5. The number of aryl methyl sites for hydroxylation is 1. The molecule has 6 nitrogen and oxygen atoms in total. The van der Waals surface area contributed by atoms with Crippen LogP contribution in [0.4, 0.5) is 18.3 Å². The summed E-state index contributed by atoms with van der Waals surface area (Å²) in [5, 5.41) is 13.5. The van der Waals surface area contributed by atoms with E-state index in [-0.39, 0.29) is 5.13 Å². The van der Waals surface area contributed by atoms with Crippen LogP contribution in [0.15, 0.2) is 36.8 Å². The molecule has 0 aliphatic rings. The van der Waals surface area contributed by atoms with Crippen LogP contribution in [0.1, 0.15) is 22.7 Å². The molecule has 3 rings (SSSR count). The number of halogens is 5. The molecule has 0 fully saturated rings. The van der Waals surface area contributed by atoms with Gasteiger partial charge in [0.1, 0.15) is 0 Å². The molecule has 0 aliphatic carbocycles. The predicted molar refractivity (Wildman–Crippen MR) is 108 cm³/mol. The van der Waals surface area contributed by atoms with Crippen molar-refractivity contribution in [3.63, 3.8) is 0 Å². The van der Waals surface area contributed by atoms with Crippen LogP contribution in [0, 0.1) is 0 Å². The molecular formula is C18H15Cl2F3N4O2S. The van der Waals surface area contributed by atoms with Crippen molar-refractivity contribution in [2.75, 3.05) is 5.32 Å². The largest absolute Gasteiger partial charge is 0.425 e. The van der Waals surface area contributed by atoms with Gasteiger partial charge in [-0.05, 0) is 11.6 Å². The fourth-order valence-electron chi connectivity index (χ4n) is 2.79. The van der Waals surface area contributed by atoms with Gasteiger partial charge in [-0.25, -0.2) is 9.97 Å². The molecule has 12 heteroatoms. The first-order valence-electron chi connectivity index (χ1n) is 8.45. The summed E-state index contributed by atoms with van der Waals surface area (Å²) in [4.78, 5) is 20.5. The summed E-state index contributed by atoms with van der Waals surface area (Å²) in [6, 6.07) is 5.17. The number of carbonyl (C=O) groups is 1. The maximum Gasteiger partial charge on any atom is 0.425 e.